The molecule has 1 aromatic rings. The third kappa shape index (κ3) is 3.37. The highest BCUT2D eigenvalue weighted by molar-refractivity contribution is 5.75. The van der Waals surface area contributed by atoms with Crippen LogP contribution in [-0.2, 0) is 11.2 Å². The topological polar surface area (TPSA) is 26.3 Å². The molecule has 0 amide bonds. The van der Waals surface area contributed by atoms with E-state index in [2.05, 4.69) is 26.0 Å². The number of ether oxygens (including phenoxy) is 1. The van der Waals surface area contributed by atoms with E-state index in [1.807, 2.05) is 0 Å². The van der Waals surface area contributed by atoms with Crippen LogP contribution in [0.3, 0.4) is 0 Å². The molecule has 2 heteroatoms. The first-order chi connectivity index (χ1) is 7.54. The molecule has 0 bridgehead atoms. The van der Waals surface area contributed by atoms with Crippen LogP contribution in [0.1, 0.15) is 36.5 Å². The maximum Gasteiger partial charge on any atom is 0.129 e. The van der Waals surface area contributed by atoms with Gasteiger partial charge in [0.05, 0.1) is 7.11 Å². The van der Waals surface area contributed by atoms with Gasteiger partial charge in [0.15, 0.2) is 0 Å². The van der Waals surface area contributed by atoms with Crippen LogP contribution in [0.2, 0.25) is 0 Å². The van der Waals surface area contributed by atoms with Crippen LogP contribution in [0.5, 0.6) is 5.75 Å². The van der Waals surface area contributed by atoms with Gasteiger partial charge >= 0.3 is 0 Å². The lowest BCUT2D eigenvalue weighted by Crippen LogP contribution is -1.99. The number of aryl methyl sites for hydroxylation is 2. The van der Waals surface area contributed by atoms with Crippen molar-refractivity contribution in [1.29, 1.82) is 0 Å². The maximum atomic E-state index is 10.9. The van der Waals surface area contributed by atoms with Gasteiger partial charge in [-0.3, -0.25) is 0 Å². The molecule has 0 saturated carbocycles. The molecule has 1 rings (SSSR count). The molecule has 0 radical (unpaired) electrons. The number of carbonyl (C=O) groups is 1. The number of hydrogen-bond donors (Lipinski definition) is 0. The number of hydrogen-bond acceptors (Lipinski definition) is 2. The third-order valence-corrected chi connectivity index (χ3v) is 2.75. The van der Waals surface area contributed by atoms with Crippen molar-refractivity contribution in [1.82, 2.24) is 0 Å². The van der Waals surface area contributed by atoms with Gasteiger partial charge in [0.1, 0.15) is 11.5 Å². The first kappa shape index (κ1) is 12.8. The molecule has 0 atom stereocenters. The van der Waals surface area contributed by atoms with E-state index in [9.17, 15) is 4.79 Å². The average molecular weight is 220 g/mol. The summed E-state index contributed by atoms with van der Waals surface area (Å²) < 4.78 is 5.38. The van der Waals surface area contributed by atoms with E-state index in [4.69, 9.17) is 4.74 Å². The minimum atomic E-state index is 0.253. The maximum absolute atomic E-state index is 10.9. The Morgan fingerprint density at radius 2 is 2.00 bits per heavy atom. The van der Waals surface area contributed by atoms with Gasteiger partial charge in [-0.05, 0) is 56.4 Å². The van der Waals surface area contributed by atoms with Crippen molar-refractivity contribution in [3.8, 4) is 5.75 Å². The van der Waals surface area contributed by atoms with Crippen molar-refractivity contribution in [2.45, 2.75) is 40.0 Å². The number of Topliss-reactive ketones (excluding diaryl/α,β-unsaturated/α-hetero) is 1. The van der Waals surface area contributed by atoms with Crippen LogP contribution in [0.25, 0.3) is 0 Å². The molecule has 0 aromatic heterocycles. The number of ketones is 1. The van der Waals surface area contributed by atoms with Gasteiger partial charge in [-0.25, -0.2) is 0 Å². The lowest BCUT2D eigenvalue weighted by atomic mass is 9.99. The second-order valence-electron chi connectivity index (χ2n) is 4.32. The quantitative estimate of drug-likeness (QED) is 0.761. The predicted molar refractivity (Wildman–Crippen MR) is 66.1 cm³/mol. The smallest absolute Gasteiger partial charge is 0.129 e. The van der Waals surface area contributed by atoms with Gasteiger partial charge in [-0.1, -0.05) is 6.07 Å². The summed E-state index contributed by atoms with van der Waals surface area (Å²) in [4.78, 5) is 10.9. The second-order valence-corrected chi connectivity index (χ2v) is 4.32. The van der Waals surface area contributed by atoms with Gasteiger partial charge in [-0.15, -0.1) is 0 Å². The van der Waals surface area contributed by atoms with E-state index in [0.29, 0.717) is 6.42 Å². The number of rotatable bonds is 5. The molecule has 88 valence electrons. The molecular weight excluding hydrogens is 200 g/mol. The monoisotopic (exact) mass is 220 g/mol. The van der Waals surface area contributed by atoms with Gasteiger partial charge in [0.25, 0.3) is 0 Å². The SMILES string of the molecule is COc1cc(C)cc(C)c1CCCC(C)=O. The molecule has 0 aliphatic rings. The molecule has 0 heterocycles. The van der Waals surface area contributed by atoms with Crippen LogP contribution in [-0.4, -0.2) is 12.9 Å². The van der Waals surface area contributed by atoms with E-state index >= 15 is 0 Å². The van der Waals surface area contributed by atoms with E-state index in [1.165, 1.54) is 16.7 Å². The number of carbonyl (C=O) groups excluding carboxylic acids is 1. The summed E-state index contributed by atoms with van der Waals surface area (Å²) in [6.45, 7) is 5.80. The Hall–Kier alpha value is -1.31. The Labute approximate surface area is 97.6 Å². The number of benzene rings is 1. The van der Waals surface area contributed by atoms with Gasteiger partial charge < -0.3 is 9.53 Å². The summed E-state index contributed by atoms with van der Waals surface area (Å²) in [6.07, 6.45) is 2.46. The Morgan fingerprint density at radius 1 is 1.31 bits per heavy atom. The van der Waals surface area contributed by atoms with Crippen molar-refractivity contribution in [2.24, 2.45) is 0 Å². The molecule has 0 fully saturated rings. The number of methoxy groups -OCH3 is 1. The zero-order chi connectivity index (χ0) is 12.1. The molecule has 0 aliphatic heterocycles. The highest BCUT2D eigenvalue weighted by Gasteiger charge is 2.07. The lowest BCUT2D eigenvalue weighted by molar-refractivity contribution is -0.117. The molecular formula is C14H20O2. The van der Waals surface area contributed by atoms with Crippen LogP contribution in [0.15, 0.2) is 12.1 Å². The highest BCUT2D eigenvalue weighted by Crippen LogP contribution is 2.25. The van der Waals surface area contributed by atoms with Crippen LogP contribution >= 0.6 is 0 Å². The zero-order valence-electron chi connectivity index (χ0n) is 10.6. The first-order valence-corrected chi connectivity index (χ1v) is 5.68. The van der Waals surface area contributed by atoms with E-state index in [1.54, 1.807) is 14.0 Å². The second kappa shape index (κ2) is 5.69. The van der Waals surface area contributed by atoms with Crippen molar-refractivity contribution in [3.63, 3.8) is 0 Å². The fraction of sp³-hybridized carbons (Fsp3) is 0.500. The summed E-state index contributed by atoms with van der Waals surface area (Å²) in [7, 11) is 1.70. The van der Waals surface area contributed by atoms with Crippen molar-refractivity contribution < 1.29 is 9.53 Å². The largest absolute Gasteiger partial charge is 0.496 e. The molecule has 0 unspecified atom stereocenters. The van der Waals surface area contributed by atoms with E-state index in [0.717, 1.165) is 18.6 Å². The summed E-state index contributed by atoms with van der Waals surface area (Å²) in [5, 5.41) is 0. The third-order valence-electron chi connectivity index (χ3n) is 2.75. The van der Waals surface area contributed by atoms with Crippen molar-refractivity contribution in [3.05, 3.63) is 28.8 Å². The summed E-state index contributed by atoms with van der Waals surface area (Å²) in [5.41, 5.74) is 3.69. The fourth-order valence-corrected chi connectivity index (χ4v) is 1.98. The average Bonchev–Trinajstić information content (AvgIpc) is 2.20. The molecule has 0 aliphatic carbocycles. The van der Waals surface area contributed by atoms with Crippen molar-refractivity contribution >= 4 is 5.78 Å². The van der Waals surface area contributed by atoms with E-state index in [-0.39, 0.29) is 5.78 Å². The van der Waals surface area contributed by atoms with E-state index < -0.39 is 0 Å². The molecule has 2 nitrogen and oxygen atoms in total. The van der Waals surface area contributed by atoms with Crippen molar-refractivity contribution in [2.75, 3.05) is 7.11 Å². The predicted octanol–water partition coefficient (Wildman–Crippen LogP) is 3.22. The molecule has 0 saturated heterocycles. The fourth-order valence-electron chi connectivity index (χ4n) is 1.98. The van der Waals surface area contributed by atoms with Gasteiger partial charge in [0.2, 0.25) is 0 Å². The summed E-state index contributed by atoms with van der Waals surface area (Å²) in [6, 6.07) is 4.21. The lowest BCUT2D eigenvalue weighted by Gasteiger charge is -2.12. The molecule has 0 N–H and O–H groups in total. The highest BCUT2D eigenvalue weighted by atomic mass is 16.5. The Bertz CT molecular complexity index is 381. The Balaban J connectivity index is 2.81. The molecule has 16 heavy (non-hydrogen) atoms. The molecule has 0 spiro atoms. The zero-order valence-corrected chi connectivity index (χ0v) is 10.6. The van der Waals surface area contributed by atoms with Gasteiger partial charge in [-0.2, -0.15) is 0 Å². The van der Waals surface area contributed by atoms with Crippen LogP contribution in [0.4, 0.5) is 0 Å². The molecule has 1 aromatic carbocycles. The summed E-state index contributed by atoms with van der Waals surface area (Å²) in [5.74, 6) is 1.20. The van der Waals surface area contributed by atoms with Crippen LogP contribution < -0.4 is 4.74 Å². The standard InChI is InChI=1S/C14H20O2/c1-10-8-11(2)13(14(9-10)16-4)7-5-6-12(3)15/h8-9H,5-7H2,1-4H3. The normalized spacial score (nSPS) is 10.2. The first-order valence-electron chi connectivity index (χ1n) is 5.68. The summed E-state index contributed by atoms with van der Waals surface area (Å²) >= 11 is 0. The minimum absolute atomic E-state index is 0.253. The minimum Gasteiger partial charge on any atom is -0.496 e. The van der Waals surface area contributed by atoms with Crippen LogP contribution in [0, 0.1) is 13.8 Å². The Morgan fingerprint density at radius 3 is 2.56 bits per heavy atom. The Kier molecular flexibility index (Phi) is 4.53. The van der Waals surface area contributed by atoms with Gasteiger partial charge in [0, 0.05) is 6.42 Å².